The van der Waals surface area contributed by atoms with E-state index in [0.717, 1.165) is 17.9 Å². The molecule has 0 amide bonds. The molecule has 104 valence electrons. The van der Waals surface area contributed by atoms with Gasteiger partial charge >= 0.3 is 7.12 Å². The summed E-state index contributed by atoms with van der Waals surface area (Å²) >= 11 is 0. The fourth-order valence-electron chi connectivity index (χ4n) is 2.46. The second-order valence-electron chi connectivity index (χ2n) is 5.15. The normalized spacial score (nSPS) is 16.4. The summed E-state index contributed by atoms with van der Waals surface area (Å²) in [6.07, 6.45) is 3.94. The summed E-state index contributed by atoms with van der Waals surface area (Å²) in [5.74, 6) is 0.821. The third-order valence-corrected chi connectivity index (χ3v) is 3.61. The molecule has 0 saturated carbocycles. The van der Waals surface area contributed by atoms with Gasteiger partial charge < -0.3 is 14.8 Å². The fourth-order valence-corrected chi connectivity index (χ4v) is 2.46. The first-order valence-electron chi connectivity index (χ1n) is 6.98. The van der Waals surface area contributed by atoms with E-state index in [0.29, 0.717) is 12.1 Å². The summed E-state index contributed by atoms with van der Waals surface area (Å²) in [5.41, 5.74) is 1.44. The van der Waals surface area contributed by atoms with E-state index in [-0.39, 0.29) is 0 Å². The monoisotopic (exact) mass is 263 g/mol. The molecule has 0 bridgehead atoms. The first-order valence-corrected chi connectivity index (χ1v) is 6.98. The maximum absolute atomic E-state index is 9.09. The molecular formula is C14H22BNO3. The lowest BCUT2D eigenvalue weighted by atomic mass is 9.79. The molecule has 0 aromatic heterocycles. The van der Waals surface area contributed by atoms with E-state index in [2.05, 4.69) is 4.90 Å². The van der Waals surface area contributed by atoms with Crippen LogP contribution in [0.3, 0.4) is 0 Å². The predicted molar refractivity (Wildman–Crippen MR) is 76.8 cm³/mol. The topological polar surface area (TPSA) is 52.9 Å². The third kappa shape index (κ3) is 4.23. The lowest BCUT2D eigenvalue weighted by molar-refractivity contribution is 0.183. The van der Waals surface area contributed by atoms with Gasteiger partial charge in [-0.1, -0.05) is 18.6 Å². The van der Waals surface area contributed by atoms with E-state index in [1.54, 1.807) is 18.2 Å². The number of hydrogen-bond acceptors (Lipinski definition) is 4. The summed E-state index contributed by atoms with van der Waals surface area (Å²) < 4.78 is 5.77. The van der Waals surface area contributed by atoms with Crippen LogP contribution in [-0.4, -0.2) is 48.3 Å². The van der Waals surface area contributed by atoms with Gasteiger partial charge in [0, 0.05) is 6.54 Å². The van der Waals surface area contributed by atoms with Gasteiger partial charge in [-0.2, -0.15) is 0 Å². The van der Waals surface area contributed by atoms with Gasteiger partial charge in [-0.25, -0.2) is 0 Å². The van der Waals surface area contributed by atoms with Crippen LogP contribution in [-0.2, 0) is 0 Å². The van der Waals surface area contributed by atoms with Crippen molar-refractivity contribution in [3.63, 3.8) is 0 Å². The van der Waals surface area contributed by atoms with Crippen LogP contribution in [0, 0.1) is 6.92 Å². The molecule has 1 aliphatic rings. The minimum atomic E-state index is -1.42. The van der Waals surface area contributed by atoms with Crippen molar-refractivity contribution in [3.8, 4) is 5.75 Å². The van der Waals surface area contributed by atoms with Crippen LogP contribution in [0.2, 0.25) is 0 Å². The van der Waals surface area contributed by atoms with Crippen LogP contribution in [0.15, 0.2) is 18.2 Å². The average Bonchev–Trinajstić information content (AvgIpc) is 2.41. The molecule has 0 radical (unpaired) electrons. The Morgan fingerprint density at radius 1 is 1.21 bits per heavy atom. The van der Waals surface area contributed by atoms with E-state index in [1.165, 1.54) is 32.4 Å². The second kappa shape index (κ2) is 6.94. The van der Waals surface area contributed by atoms with E-state index >= 15 is 0 Å². The summed E-state index contributed by atoms with van der Waals surface area (Å²) in [5, 5.41) is 18.2. The second-order valence-corrected chi connectivity index (χ2v) is 5.15. The minimum Gasteiger partial charge on any atom is -0.492 e. The first-order chi connectivity index (χ1) is 9.16. The van der Waals surface area contributed by atoms with Crippen LogP contribution in [0.4, 0.5) is 0 Å². The van der Waals surface area contributed by atoms with Gasteiger partial charge in [0.1, 0.15) is 12.4 Å². The van der Waals surface area contributed by atoms with E-state index in [9.17, 15) is 0 Å². The Morgan fingerprint density at radius 3 is 2.58 bits per heavy atom. The Morgan fingerprint density at radius 2 is 1.95 bits per heavy atom. The lowest BCUT2D eigenvalue weighted by Gasteiger charge is -2.26. The zero-order valence-electron chi connectivity index (χ0n) is 11.5. The molecule has 1 heterocycles. The standard InChI is InChI=1S/C14H22BNO3/c1-12-11-13(15(17)18)5-6-14(12)19-10-9-16-7-3-2-4-8-16/h5-6,11,17-18H,2-4,7-10H2,1H3. The minimum absolute atomic E-state index is 0.501. The van der Waals surface area contributed by atoms with E-state index in [1.807, 2.05) is 6.92 Å². The number of piperidine rings is 1. The molecule has 19 heavy (non-hydrogen) atoms. The maximum atomic E-state index is 9.09. The van der Waals surface area contributed by atoms with Crippen molar-refractivity contribution in [1.82, 2.24) is 4.90 Å². The van der Waals surface area contributed by atoms with Crippen LogP contribution < -0.4 is 10.2 Å². The van der Waals surface area contributed by atoms with Crippen molar-refractivity contribution >= 4 is 12.6 Å². The van der Waals surface area contributed by atoms with Gasteiger partial charge in [0.15, 0.2) is 0 Å². The van der Waals surface area contributed by atoms with Crippen molar-refractivity contribution in [2.24, 2.45) is 0 Å². The zero-order chi connectivity index (χ0) is 13.7. The van der Waals surface area contributed by atoms with Crippen molar-refractivity contribution < 1.29 is 14.8 Å². The Hall–Kier alpha value is -1.04. The quantitative estimate of drug-likeness (QED) is 0.761. The molecule has 0 atom stereocenters. The smallest absolute Gasteiger partial charge is 0.488 e. The molecule has 1 aromatic rings. The van der Waals surface area contributed by atoms with Gasteiger partial charge in [0.25, 0.3) is 0 Å². The number of benzene rings is 1. The van der Waals surface area contributed by atoms with Crippen LogP contribution in [0.25, 0.3) is 0 Å². The molecule has 4 nitrogen and oxygen atoms in total. The highest BCUT2D eigenvalue weighted by Crippen LogP contribution is 2.16. The summed E-state index contributed by atoms with van der Waals surface area (Å²) in [7, 11) is -1.42. The molecular weight excluding hydrogens is 241 g/mol. The van der Waals surface area contributed by atoms with Crippen molar-refractivity contribution in [2.75, 3.05) is 26.2 Å². The van der Waals surface area contributed by atoms with Gasteiger partial charge in [0.05, 0.1) is 0 Å². The highest BCUT2D eigenvalue weighted by Gasteiger charge is 2.13. The lowest BCUT2D eigenvalue weighted by Crippen LogP contribution is -2.33. The van der Waals surface area contributed by atoms with Gasteiger partial charge in [-0.3, -0.25) is 4.90 Å². The summed E-state index contributed by atoms with van der Waals surface area (Å²) in [4.78, 5) is 2.44. The molecule has 1 aliphatic heterocycles. The van der Waals surface area contributed by atoms with Gasteiger partial charge in [-0.15, -0.1) is 0 Å². The highest BCUT2D eigenvalue weighted by atomic mass is 16.5. The molecule has 1 aromatic carbocycles. The Bertz CT molecular complexity index is 406. The first kappa shape index (κ1) is 14.4. The van der Waals surface area contributed by atoms with Crippen LogP contribution >= 0.6 is 0 Å². The number of hydrogen-bond donors (Lipinski definition) is 2. The highest BCUT2D eigenvalue weighted by molar-refractivity contribution is 6.58. The fraction of sp³-hybridized carbons (Fsp3) is 0.571. The molecule has 2 N–H and O–H groups in total. The van der Waals surface area contributed by atoms with Crippen LogP contribution in [0.5, 0.6) is 5.75 Å². The number of rotatable bonds is 5. The summed E-state index contributed by atoms with van der Waals surface area (Å²) in [6, 6.07) is 5.25. The molecule has 5 heteroatoms. The van der Waals surface area contributed by atoms with Gasteiger partial charge in [-0.05, 0) is 49.9 Å². The van der Waals surface area contributed by atoms with Crippen molar-refractivity contribution in [2.45, 2.75) is 26.2 Å². The molecule has 0 spiro atoms. The predicted octanol–water partition coefficient (Wildman–Crippen LogP) is 0.540. The Balaban J connectivity index is 1.82. The van der Waals surface area contributed by atoms with E-state index in [4.69, 9.17) is 14.8 Å². The Kier molecular flexibility index (Phi) is 5.25. The number of ether oxygens (including phenoxy) is 1. The zero-order valence-corrected chi connectivity index (χ0v) is 11.5. The molecule has 0 unspecified atom stereocenters. The number of nitrogens with zero attached hydrogens (tertiary/aromatic N) is 1. The molecule has 2 rings (SSSR count). The maximum Gasteiger partial charge on any atom is 0.488 e. The Labute approximate surface area is 115 Å². The number of likely N-dealkylation sites (tertiary alicyclic amines) is 1. The van der Waals surface area contributed by atoms with Crippen molar-refractivity contribution in [1.29, 1.82) is 0 Å². The molecule has 0 aliphatic carbocycles. The SMILES string of the molecule is Cc1cc(B(O)O)ccc1OCCN1CCCCC1. The number of aryl methyl sites for hydroxylation is 1. The van der Waals surface area contributed by atoms with Crippen LogP contribution in [0.1, 0.15) is 24.8 Å². The third-order valence-electron chi connectivity index (χ3n) is 3.61. The van der Waals surface area contributed by atoms with Gasteiger partial charge in [0.2, 0.25) is 0 Å². The van der Waals surface area contributed by atoms with E-state index < -0.39 is 7.12 Å². The molecule has 1 fully saturated rings. The average molecular weight is 263 g/mol. The summed E-state index contributed by atoms with van der Waals surface area (Å²) in [6.45, 7) is 5.92. The molecule has 1 saturated heterocycles. The largest absolute Gasteiger partial charge is 0.492 e. The van der Waals surface area contributed by atoms with Crippen molar-refractivity contribution in [3.05, 3.63) is 23.8 Å².